The van der Waals surface area contributed by atoms with Crippen LogP contribution in [0.25, 0.3) is 0 Å². The van der Waals surface area contributed by atoms with Crippen LogP contribution in [-0.4, -0.2) is 18.5 Å². The van der Waals surface area contributed by atoms with Crippen LogP contribution in [0.2, 0.25) is 0 Å². The summed E-state index contributed by atoms with van der Waals surface area (Å²) in [7, 11) is 0. The summed E-state index contributed by atoms with van der Waals surface area (Å²) in [5.74, 6) is 0.978. The van der Waals surface area contributed by atoms with E-state index in [1.54, 1.807) is 0 Å². The van der Waals surface area contributed by atoms with Crippen molar-refractivity contribution < 1.29 is 50.0 Å². The van der Waals surface area contributed by atoms with Crippen LogP contribution in [0.3, 0.4) is 0 Å². The molecule has 0 fully saturated rings. The molecule has 1 atom stereocenters. The molecule has 1 rings (SSSR count). The van der Waals surface area contributed by atoms with E-state index in [1.807, 2.05) is 0 Å². The number of hydrogen-bond donors (Lipinski definition) is 0. The molecule has 0 bridgehead atoms. The van der Waals surface area contributed by atoms with Gasteiger partial charge in [0, 0.05) is 6.42 Å². The summed E-state index contributed by atoms with van der Waals surface area (Å²) in [5, 5.41) is 0. The molecular weight excluding hydrogens is 315 g/mol. The van der Waals surface area contributed by atoms with E-state index in [2.05, 4.69) is 18.8 Å². The zero-order valence-electron chi connectivity index (χ0n) is 8.54. The molecule has 0 aromatic rings. The van der Waals surface area contributed by atoms with Crippen molar-refractivity contribution in [2.75, 3.05) is 6.61 Å². The Morgan fingerprint density at radius 2 is 1.93 bits per heavy atom. The van der Waals surface area contributed by atoms with Gasteiger partial charge in [-0.2, -0.15) is 0 Å². The molecule has 0 amide bonds. The van der Waals surface area contributed by atoms with Gasteiger partial charge in [-0.05, 0) is 12.8 Å². The van der Waals surface area contributed by atoms with Crippen LogP contribution >= 0.6 is 0 Å². The number of halogens is 2. The predicted octanol–water partition coefficient (Wildman–Crippen LogP) is -3.61. The molecule has 5 heteroatoms. The summed E-state index contributed by atoms with van der Waals surface area (Å²) in [6.07, 6.45) is 4.53. The minimum Gasteiger partial charge on any atom is -1.00 e. The van der Waals surface area contributed by atoms with Crippen molar-refractivity contribution in [3.8, 4) is 0 Å². The fraction of sp³-hybridized carbons (Fsp3) is 0.889. The van der Waals surface area contributed by atoms with Gasteiger partial charge in [0.05, 0.1) is 6.04 Å². The van der Waals surface area contributed by atoms with Crippen molar-refractivity contribution in [1.82, 2.24) is 0 Å². The van der Waals surface area contributed by atoms with Crippen molar-refractivity contribution in [2.45, 2.75) is 45.6 Å². The largest absolute Gasteiger partial charge is 2.00 e. The molecule has 1 unspecified atom stereocenters. The van der Waals surface area contributed by atoms with E-state index in [9.17, 15) is 0 Å². The quantitative estimate of drug-likeness (QED) is 0.488. The molecule has 0 aliphatic carbocycles. The molecule has 0 saturated heterocycles. The third-order valence-electron chi connectivity index (χ3n) is 1.85. The maximum atomic E-state index is 5.41. The normalized spacial score (nSPS) is 18.1. The molecule has 14 heavy (non-hydrogen) atoms. The summed E-state index contributed by atoms with van der Waals surface area (Å²) in [6, 6.07) is 0.460. The molecule has 1 heterocycles. The van der Waals surface area contributed by atoms with Gasteiger partial charge >= 0.3 is 20.4 Å². The van der Waals surface area contributed by atoms with Crippen LogP contribution in [0.5, 0.6) is 0 Å². The first-order valence-electron chi connectivity index (χ1n) is 4.56. The Labute approximate surface area is 113 Å². The Kier molecular flexibility index (Phi) is 17.0. The van der Waals surface area contributed by atoms with E-state index in [0.29, 0.717) is 6.04 Å². The average Bonchev–Trinajstić information content (AvgIpc) is 2.38. The molecule has 0 spiro atoms. The van der Waals surface area contributed by atoms with Gasteiger partial charge in [-0.25, -0.2) is 4.99 Å². The van der Waals surface area contributed by atoms with E-state index in [0.717, 1.165) is 25.3 Å². The van der Waals surface area contributed by atoms with Crippen LogP contribution in [0.15, 0.2) is 4.99 Å². The van der Waals surface area contributed by atoms with E-state index >= 15 is 0 Å². The number of aliphatic imine (C=N–C) groups is 1. The first-order valence-corrected chi connectivity index (χ1v) is 4.56. The second-order valence-corrected chi connectivity index (χ2v) is 3.03. The summed E-state index contributed by atoms with van der Waals surface area (Å²) in [4.78, 5) is 4.46. The Balaban J connectivity index is -0.000000403. The fourth-order valence-corrected chi connectivity index (χ4v) is 1.30. The second kappa shape index (κ2) is 11.8. The monoisotopic (exact) mass is 331 g/mol. The zero-order chi connectivity index (χ0) is 8.10. The first-order chi connectivity index (χ1) is 5.36. The van der Waals surface area contributed by atoms with Gasteiger partial charge in [0.15, 0.2) is 5.90 Å². The van der Waals surface area contributed by atoms with Crippen molar-refractivity contribution in [3.05, 3.63) is 0 Å². The second-order valence-electron chi connectivity index (χ2n) is 3.03. The Morgan fingerprint density at radius 3 is 2.43 bits per heavy atom. The summed E-state index contributed by atoms with van der Waals surface area (Å²) in [6.45, 7) is 5.16. The predicted molar refractivity (Wildman–Crippen MR) is 47.0 cm³/mol. The molecule has 0 saturated carbocycles. The number of ether oxygens (including phenoxy) is 1. The number of hydrogen-bond acceptors (Lipinski definition) is 2. The van der Waals surface area contributed by atoms with Crippen molar-refractivity contribution in [2.24, 2.45) is 4.99 Å². The van der Waals surface area contributed by atoms with Crippen molar-refractivity contribution in [1.29, 1.82) is 0 Å². The van der Waals surface area contributed by atoms with E-state index in [1.165, 1.54) is 12.8 Å². The maximum Gasteiger partial charge on any atom is 2.00 e. The molecular formula is C9H17Cl2NOPd. The topological polar surface area (TPSA) is 21.6 Å². The Hall–Kier alpha value is 0.712. The smallest absolute Gasteiger partial charge is 1.00 e. The van der Waals surface area contributed by atoms with Gasteiger partial charge in [-0.3, -0.25) is 0 Å². The summed E-state index contributed by atoms with van der Waals surface area (Å²) in [5.41, 5.74) is 0. The van der Waals surface area contributed by atoms with Crippen LogP contribution < -0.4 is 24.8 Å². The first kappa shape index (κ1) is 20.2. The molecule has 0 aromatic heterocycles. The Morgan fingerprint density at radius 1 is 1.29 bits per heavy atom. The van der Waals surface area contributed by atoms with Crippen molar-refractivity contribution in [3.63, 3.8) is 0 Å². The third-order valence-corrected chi connectivity index (χ3v) is 1.85. The van der Waals surface area contributed by atoms with Gasteiger partial charge in [0.1, 0.15) is 6.61 Å². The molecule has 0 radical (unpaired) electrons. The fourth-order valence-electron chi connectivity index (χ4n) is 1.30. The molecule has 88 valence electrons. The molecule has 0 N–H and O–H groups in total. The van der Waals surface area contributed by atoms with Crippen LogP contribution in [-0.2, 0) is 25.2 Å². The maximum absolute atomic E-state index is 5.41. The molecule has 2 nitrogen and oxygen atoms in total. The summed E-state index contributed by atoms with van der Waals surface area (Å²) < 4.78 is 5.41. The van der Waals surface area contributed by atoms with Gasteiger partial charge in [0.25, 0.3) is 0 Å². The third kappa shape index (κ3) is 7.06. The number of nitrogens with zero attached hydrogens (tertiary/aromatic N) is 1. The van der Waals surface area contributed by atoms with Gasteiger partial charge in [-0.15, -0.1) is 0 Å². The SMILES string of the molecule is CCCC1=NC(CCC)CO1.[Cl-].[Cl-].[Pd+2]. The van der Waals surface area contributed by atoms with Crippen LogP contribution in [0.1, 0.15) is 39.5 Å². The Bertz CT molecular complexity index is 156. The van der Waals surface area contributed by atoms with Gasteiger partial charge < -0.3 is 29.6 Å². The van der Waals surface area contributed by atoms with E-state index in [-0.39, 0.29) is 45.2 Å². The summed E-state index contributed by atoms with van der Waals surface area (Å²) >= 11 is 0. The van der Waals surface area contributed by atoms with Gasteiger partial charge in [-0.1, -0.05) is 20.3 Å². The molecule has 1 aliphatic heterocycles. The van der Waals surface area contributed by atoms with E-state index < -0.39 is 0 Å². The zero-order valence-corrected chi connectivity index (χ0v) is 11.6. The molecule has 0 aromatic carbocycles. The number of rotatable bonds is 4. The average molecular weight is 333 g/mol. The molecule has 1 aliphatic rings. The minimum absolute atomic E-state index is 0. The van der Waals surface area contributed by atoms with E-state index in [4.69, 9.17) is 4.74 Å². The standard InChI is InChI=1S/C9H17NO.2ClH.Pd/c1-3-5-8-7-11-9(10-8)6-4-2;;;/h8H,3-7H2,1-2H3;2*1H;/q;;;+2/p-2. The minimum atomic E-state index is 0. The van der Waals surface area contributed by atoms with Crippen LogP contribution in [0.4, 0.5) is 0 Å². The van der Waals surface area contributed by atoms with Crippen LogP contribution in [0, 0.1) is 0 Å². The van der Waals surface area contributed by atoms with Gasteiger partial charge in [0.2, 0.25) is 0 Å². The van der Waals surface area contributed by atoms with Crippen molar-refractivity contribution >= 4 is 5.90 Å².